The Labute approximate surface area is 160 Å². The van der Waals surface area contributed by atoms with E-state index in [0.29, 0.717) is 16.5 Å². The van der Waals surface area contributed by atoms with E-state index in [2.05, 4.69) is 10.3 Å². The van der Waals surface area contributed by atoms with Gasteiger partial charge in [0.15, 0.2) is 5.82 Å². The van der Waals surface area contributed by atoms with E-state index in [1.165, 1.54) is 16.0 Å². The maximum Gasteiger partial charge on any atom is 0.365 e. The van der Waals surface area contributed by atoms with Crippen molar-refractivity contribution in [2.45, 2.75) is 51.2 Å². The fraction of sp³-hybridized carbons (Fsp3) is 0.444. The number of nitrogens with one attached hydrogen (secondary N) is 1. The lowest BCUT2D eigenvalue weighted by atomic mass is 9.95. The summed E-state index contributed by atoms with van der Waals surface area (Å²) in [5.74, 6) is 0.0508. The average Bonchev–Trinajstić information content (AvgIpc) is 3.13. The van der Waals surface area contributed by atoms with Gasteiger partial charge in [0, 0.05) is 16.8 Å². The maximum atomic E-state index is 12.8. The number of anilines is 1. The molecule has 0 saturated heterocycles. The number of fused-ring (bicyclic) bond motifs is 1. The summed E-state index contributed by atoms with van der Waals surface area (Å²) < 4.78 is 2.29. The lowest BCUT2D eigenvalue weighted by Crippen LogP contribution is -2.42. The zero-order chi connectivity index (χ0) is 19.0. The third kappa shape index (κ3) is 3.49. The first-order valence-electron chi connectivity index (χ1n) is 9.08. The highest BCUT2D eigenvalue weighted by molar-refractivity contribution is 6.30. The summed E-state index contributed by atoms with van der Waals surface area (Å²) in [7, 11) is 0. The van der Waals surface area contributed by atoms with Gasteiger partial charge < -0.3 is 5.32 Å². The Bertz CT molecular complexity index is 927. The molecular weight excluding hydrogens is 370 g/mol. The predicted molar refractivity (Wildman–Crippen MR) is 99.9 cm³/mol. The van der Waals surface area contributed by atoms with Gasteiger partial charge in [0.2, 0.25) is 5.91 Å². The minimum Gasteiger partial charge on any atom is -0.352 e. The Balaban J connectivity index is 1.52. The molecule has 1 saturated carbocycles. The summed E-state index contributed by atoms with van der Waals surface area (Å²) >= 11 is 5.90. The van der Waals surface area contributed by atoms with Crippen LogP contribution in [0, 0.1) is 0 Å². The van der Waals surface area contributed by atoms with Crippen LogP contribution in [-0.4, -0.2) is 32.3 Å². The van der Waals surface area contributed by atoms with Gasteiger partial charge in [0.05, 0.1) is 6.54 Å². The van der Waals surface area contributed by atoms with E-state index in [4.69, 9.17) is 11.6 Å². The molecule has 9 heteroatoms. The van der Waals surface area contributed by atoms with Gasteiger partial charge >= 0.3 is 11.7 Å². The number of hydrogen-bond acceptors (Lipinski definition) is 4. The quantitative estimate of drug-likeness (QED) is 0.867. The van der Waals surface area contributed by atoms with E-state index in [1.807, 2.05) is 0 Å². The van der Waals surface area contributed by atoms with Crippen molar-refractivity contribution in [2.75, 3.05) is 4.90 Å². The van der Waals surface area contributed by atoms with Crippen LogP contribution in [0.4, 0.5) is 10.5 Å². The number of rotatable bonds is 4. The van der Waals surface area contributed by atoms with Crippen molar-refractivity contribution in [3.63, 3.8) is 0 Å². The Hall–Kier alpha value is -2.61. The normalized spacial score (nSPS) is 17.2. The summed E-state index contributed by atoms with van der Waals surface area (Å²) in [6.07, 6.45) is 5.29. The van der Waals surface area contributed by atoms with E-state index >= 15 is 0 Å². The predicted octanol–water partition coefficient (Wildman–Crippen LogP) is 2.14. The molecule has 142 valence electrons. The Kier molecular flexibility index (Phi) is 4.73. The van der Waals surface area contributed by atoms with Crippen LogP contribution in [0.1, 0.15) is 37.9 Å². The minimum atomic E-state index is -0.590. The van der Waals surface area contributed by atoms with Crippen LogP contribution in [-0.2, 0) is 17.9 Å². The van der Waals surface area contributed by atoms with Crippen LogP contribution in [0.5, 0.6) is 0 Å². The second-order valence-corrected chi connectivity index (χ2v) is 7.36. The molecule has 1 aromatic carbocycles. The molecule has 4 rings (SSSR count). The van der Waals surface area contributed by atoms with Crippen LogP contribution in [0.3, 0.4) is 0 Å². The largest absolute Gasteiger partial charge is 0.365 e. The standard InChI is InChI=1S/C18H20ClN5O3/c19-12-6-8-14(9-7-12)22-10-15-21-17(26)23(24(15)18(22)27)11-16(25)20-13-4-2-1-3-5-13/h6-9,13H,1-5,10-11H2,(H,20,25). The fourth-order valence-electron chi connectivity index (χ4n) is 3.70. The Morgan fingerprint density at radius 2 is 1.85 bits per heavy atom. The van der Waals surface area contributed by atoms with Crippen molar-refractivity contribution in [3.8, 4) is 0 Å². The van der Waals surface area contributed by atoms with E-state index in [-0.39, 0.29) is 25.0 Å². The smallest absolute Gasteiger partial charge is 0.352 e. The van der Waals surface area contributed by atoms with Gasteiger partial charge in [-0.15, -0.1) is 0 Å². The summed E-state index contributed by atoms with van der Waals surface area (Å²) in [5, 5.41) is 3.53. The first kappa shape index (κ1) is 17.8. The summed E-state index contributed by atoms with van der Waals surface area (Å²) in [6, 6.07) is 6.57. The monoisotopic (exact) mass is 389 g/mol. The lowest BCUT2D eigenvalue weighted by molar-refractivity contribution is -0.122. The number of nitrogens with zero attached hydrogens (tertiary/aromatic N) is 4. The minimum absolute atomic E-state index is 0.143. The second-order valence-electron chi connectivity index (χ2n) is 6.93. The van der Waals surface area contributed by atoms with Gasteiger partial charge in [-0.1, -0.05) is 30.9 Å². The van der Waals surface area contributed by atoms with Crippen molar-refractivity contribution in [1.29, 1.82) is 0 Å². The number of benzene rings is 1. The number of amides is 2. The van der Waals surface area contributed by atoms with Gasteiger partial charge in [0.1, 0.15) is 6.54 Å². The third-order valence-electron chi connectivity index (χ3n) is 5.05. The molecule has 2 aliphatic rings. The van der Waals surface area contributed by atoms with Crippen molar-refractivity contribution in [1.82, 2.24) is 19.7 Å². The molecule has 0 spiro atoms. The van der Waals surface area contributed by atoms with Crippen molar-refractivity contribution < 1.29 is 9.59 Å². The summed E-state index contributed by atoms with van der Waals surface area (Å²) in [5.41, 5.74) is 0.0634. The van der Waals surface area contributed by atoms with Crippen molar-refractivity contribution in [2.24, 2.45) is 0 Å². The highest BCUT2D eigenvalue weighted by Crippen LogP contribution is 2.24. The highest BCUT2D eigenvalue weighted by atomic mass is 35.5. The molecule has 1 N–H and O–H groups in total. The molecule has 1 aliphatic heterocycles. The first-order chi connectivity index (χ1) is 13.0. The van der Waals surface area contributed by atoms with Crippen LogP contribution in [0.2, 0.25) is 5.02 Å². The topological polar surface area (TPSA) is 89.2 Å². The zero-order valence-electron chi connectivity index (χ0n) is 14.7. The van der Waals surface area contributed by atoms with E-state index in [0.717, 1.165) is 30.4 Å². The molecule has 0 atom stereocenters. The Morgan fingerprint density at radius 1 is 1.15 bits per heavy atom. The van der Waals surface area contributed by atoms with Gasteiger partial charge in [-0.05, 0) is 37.1 Å². The maximum absolute atomic E-state index is 12.8. The number of aromatic nitrogens is 3. The van der Waals surface area contributed by atoms with Crippen LogP contribution >= 0.6 is 11.6 Å². The Morgan fingerprint density at radius 3 is 2.56 bits per heavy atom. The van der Waals surface area contributed by atoms with Crippen molar-refractivity contribution in [3.05, 3.63) is 45.6 Å². The molecule has 1 fully saturated rings. The first-order valence-corrected chi connectivity index (χ1v) is 9.46. The number of carbonyl (C=O) groups excluding carboxylic acids is 2. The van der Waals surface area contributed by atoms with Gasteiger partial charge in [-0.3, -0.25) is 9.69 Å². The molecule has 0 unspecified atom stereocenters. The lowest BCUT2D eigenvalue weighted by Gasteiger charge is -2.23. The number of hydrogen-bond donors (Lipinski definition) is 1. The molecule has 2 amide bonds. The van der Waals surface area contributed by atoms with E-state index < -0.39 is 11.7 Å². The fourth-order valence-corrected chi connectivity index (χ4v) is 3.82. The van der Waals surface area contributed by atoms with E-state index in [1.54, 1.807) is 24.3 Å². The van der Waals surface area contributed by atoms with Crippen LogP contribution in [0.25, 0.3) is 0 Å². The second kappa shape index (κ2) is 7.19. The number of halogens is 1. The molecule has 2 heterocycles. The van der Waals surface area contributed by atoms with Crippen LogP contribution < -0.4 is 15.9 Å². The van der Waals surface area contributed by atoms with Crippen molar-refractivity contribution >= 4 is 29.2 Å². The highest BCUT2D eigenvalue weighted by Gasteiger charge is 2.34. The SMILES string of the molecule is O=C(Cn1c(=O)nc2n1C(=O)N(c1ccc(Cl)cc1)C2)NC1CCCCC1. The summed E-state index contributed by atoms with van der Waals surface area (Å²) in [6.45, 7) is -0.0461. The molecule has 2 aromatic rings. The average molecular weight is 390 g/mol. The molecule has 0 bridgehead atoms. The molecule has 1 aromatic heterocycles. The number of carbonyl (C=O) groups is 2. The zero-order valence-corrected chi connectivity index (χ0v) is 15.5. The molecular formula is C18H20ClN5O3. The van der Waals surface area contributed by atoms with Gasteiger partial charge in [-0.25, -0.2) is 14.3 Å². The van der Waals surface area contributed by atoms with E-state index in [9.17, 15) is 14.4 Å². The molecule has 27 heavy (non-hydrogen) atoms. The molecule has 0 radical (unpaired) electrons. The van der Waals surface area contributed by atoms with Crippen LogP contribution in [0.15, 0.2) is 29.1 Å². The van der Waals surface area contributed by atoms with Gasteiger partial charge in [0.25, 0.3) is 0 Å². The summed E-state index contributed by atoms with van der Waals surface area (Å²) in [4.78, 5) is 42.8. The molecule has 1 aliphatic carbocycles. The third-order valence-corrected chi connectivity index (χ3v) is 5.30. The van der Waals surface area contributed by atoms with Gasteiger partial charge in [-0.2, -0.15) is 9.67 Å². The molecule has 8 nitrogen and oxygen atoms in total.